The van der Waals surface area contributed by atoms with Gasteiger partial charge >= 0.3 is 0 Å². The molecule has 0 radical (unpaired) electrons. The topological polar surface area (TPSA) is 45.6 Å². The van der Waals surface area contributed by atoms with E-state index in [1.165, 1.54) is 51.4 Å². The summed E-state index contributed by atoms with van der Waals surface area (Å²) in [4.78, 5) is 7.32. The highest BCUT2D eigenvalue weighted by atomic mass is 35.5. The molecule has 0 spiro atoms. The lowest BCUT2D eigenvalue weighted by atomic mass is 9.99. The molecule has 2 aromatic carbocycles. The molecule has 1 unspecified atom stereocenters. The first-order chi connectivity index (χ1) is 17.0. The molecule has 0 fully saturated rings. The van der Waals surface area contributed by atoms with E-state index in [2.05, 4.69) is 18.7 Å². The van der Waals surface area contributed by atoms with Crippen molar-refractivity contribution in [2.75, 3.05) is 26.7 Å². The predicted octanol–water partition coefficient (Wildman–Crippen LogP) is 8.48. The summed E-state index contributed by atoms with van der Waals surface area (Å²) in [6.07, 6.45) is 9.26. The van der Waals surface area contributed by atoms with E-state index in [-0.39, 0.29) is 12.4 Å². The zero-order valence-corrected chi connectivity index (χ0v) is 23.6. The lowest BCUT2D eigenvalue weighted by molar-refractivity contribution is 0.111. The molecule has 1 heterocycles. The van der Waals surface area contributed by atoms with Crippen LogP contribution < -0.4 is 4.74 Å². The van der Waals surface area contributed by atoms with Crippen molar-refractivity contribution in [3.63, 3.8) is 0 Å². The number of benzene rings is 2. The SMILES string of the molecule is CCCCCCN(CCCCCC)CC(O)c1cc(-c2ccc(OC)cc2)nc2cc(Cl)ccc12.Cl. The van der Waals surface area contributed by atoms with Gasteiger partial charge in [0.2, 0.25) is 0 Å². The molecule has 3 rings (SSSR count). The van der Waals surface area contributed by atoms with Gasteiger partial charge < -0.3 is 14.7 Å². The molecule has 198 valence electrons. The molecule has 1 aromatic heterocycles. The molecule has 3 aromatic rings. The van der Waals surface area contributed by atoms with Gasteiger partial charge in [-0.15, -0.1) is 12.4 Å². The molecule has 1 N–H and O–H groups in total. The number of aliphatic hydroxyl groups excluding tert-OH is 1. The number of ether oxygens (including phenoxy) is 1. The van der Waals surface area contributed by atoms with E-state index in [1.807, 2.05) is 48.5 Å². The van der Waals surface area contributed by atoms with Crippen molar-refractivity contribution in [1.29, 1.82) is 0 Å². The lowest BCUT2D eigenvalue weighted by Crippen LogP contribution is -2.31. The molecule has 4 nitrogen and oxygen atoms in total. The van der Waals surface area contributed by atoms with Crippen molar-refractivity contribution in [3.8, 4) is 17.0 Å². The van der Waals surface area contributed by atoms with Gasteiger partial charge in [0.25, 0.3) is 0 Å². The number of methoxy groups -OCH3 is 1. The van der Waals surface area contributed by atoms with Crippen LogP contribution in [0, 0.1) is 0 Å². The van der Waals surface area contributed by atoms with Crippen LogP contribution in [0.5, 0.6) is 5.75 Å². The zero-order chi connectivity index (χ0) is 25.0. The highest BCUT2D eigenvalue weighted by Crippen LogP contribution is 2.31. The molecule has 1 atom stereocenters. The highest BCUT2D eigenvalue weighted by Gasteiger charge is 2.18. The monoisotopic (exact) mass is 532 g/mol. The number of fused-ring (bicyclic) bond motifs is 1. The Balaban J connectivity index is 0.00000456. The standard InChI is InChI=1S/C30H41ClN2O2.ClH/c1-4-6-8-10-18-33(19-11-9-7-5-2)22-30(34)27-21-28(23-12-15-25(35-3)16-13-23)32-29-20-24(31)14-17-26(27)29;/h12-17,20-21,30,34H,4-11,18-19,22H2,1-3H3;1H. The Bertz CT molecular complexity index is 1030. The van der Waals surface area contributed by atoms with Crippen LogP contribution >= 0.6 is 24.0 Å². The van der Waals surface area contributed by atoms with Crippen LogP contribution in [-0.2, 0) is 0 Å². The fraction of sp³-hybridized carbons (Fsp3) is 0.500. The molecular formula is C30H42Cl2N2O2. The first kappa shape index (κ1) is 30.4. The fourth-order valence-corrected chi connectivity index (χ4v) is 4.74. The van der Waals surface area contributed by atoms with Crippen molar-refractivity contribution in [2.45, 2.75) is 71.3 Å². The minimum Gasteiger partial charge on any atom is -0.497 e. The molecule has 6 heteroatoms. The maximum Gasteiger partial charge on any atom is 0.118 e. The third kappa shape index (κ3) is 8.92. The van der Waals surface area contributed by atoms with Gasteiger partial charge in [-0.2, -0.15) is 0 Å². The first-order valence-corrected chi connectivity index (χ1v) is 13.6. The second-order valence-electron chi connectivity index (χ2n) is 9.42. The molecule has 0 aliphatic carbocycles. The van der Waals surface area contributed by atoms with Crippen LogP contribution in [0.1, 0.15) is 76.9 Å². The number of unbranched alkanes of at least 4 members (excludes halogenated alkanes) is 6. The molecular weight excluding hydrogens is 491 g/mol. The van der Waals surface area contributed by atoms with Crippen molar-refractivity contribution in [1.82, 2.24) is 9.88 Å². The summed E-state index contributed by atoms with van der Waals surface area (Å²) in [6, 6.07) is 15.6. The third-order valence-electron chi connectivity index (χ3n) is 6.64. The van der Waals surface area contributed by atoms with Gasteiger partial charge in [-0.1, -0.05) is 70.0 Å². The lowest BCUT2D eigenvalue weighted by Gasteiger charge is -2.26. The minimum atomic E-state index is -0.601. The van der Waals surface area contributed by atoms with E-state index >= 15 is 0 Å². The molecule has 0 saturated carbocycles. The average molecular weight is 534 g/mol. The number of aliphatic hydroxyl groups is 1. The van der Waals surface area contributed by atoms with Gasteiger partial charge in [-0.05, 0) is 74.0 Å². The Morgan fingerprint density at radius 1 is 0.889 bits per heavy atom. The fourth-order valence-electron chi connectivity index (χ4n) is 4.58. The molecule has 0 bridgehead atoms. The van der Waals surface area contributed by atoms with Crippen LogP contribution in [0.15, 0.2) is 48.5 Å². The number of rotatable bonds is 15. The van der Waals surface area contributed by atoms with Crippen LogP contribution in [0.3, 0.4) is 0 Å². The van der Waals surface area contributed by atoms with E-state index in [4.69, 9.17) is 21.3 Å². The van der Waals surface area contributed by atoms with E-state index in [9.17, 15) is 5.11 Å². The maximum absolute atomic E-state index is 11.5. The molecule has 0 saturated heterocycles. The summed E-state index contributed by atoms with van der Waals surface area (Å²) in [7, 11) is 1.66. The second kappa shape index (κ2) is 16.1. The maximum atomic E-state index is 11.5. The summed E-state index contributed by atoms with van der Waals surface area (Å²) in [5.74, 6) is 0.805. The second-order valence-corrected chi connectivity index (χ2v) is 9.86. The van der Waals surface area contributed by atoms with Gasteiger partial charge in [-0.3, -0.25) is 0 Å². The van der Waals surface area contributed by atoms with Gasteiger partial charge in [0, 0.05) is 22.5 Å². The summed E-state index contributed by atoms with van der Waals surface area (Å²) in [6.45, 7) is 7.18. The van der Waals surface area contributed by atoms with Gasteiger partial charge in [0.1, 0.15) is 5.75 Å². The van der Waals surface area contributed by atoms with Gasteiger partial charge in [-0.25, -0.2) is 4.98 Å². The number of nitrogens with zero attached hydrogens (tertiary/aromatic N) is 2. The van der Waals surface area contributed by atoms with Crippen molar-refractivity contribution in [3.05, 3.63) is 59.1 Å². The number of aromatic nitrogens is 1. The molecule has 0 amide bonds. The molecule has 0 aliphatic rings. The van der Waals surface area contributed by atoms with Crippen molar-refractivity contribution in [2.24, 2.45) is 0 Å². The smallest absolute Gasteiger partial charge is 0.118 e. The summed E-state index contributed by atoms with van der Waals surface area (Å²) >= 11 is 6.31. The van der Waals surface area contributed by atoms with E-state index in [1.54, 1.807) is 7.11 Å². The summed E-state index contributed by atoms with van der Waals surface area (Å²) in [5.41, 5.74) is 3.52. The summed E-state index contributed by atoms with van der Waals surface area (Å²) < 4.78 is 5.31. The quantitative estimate of drug-likeness (QED) is 0.199. The van der Waals surface area contributed by atoms with Crippen LogP contribution in [0.4, 0.5) is 0 Å². The Morgan fingerprint density at radius 2 is 1.53 bits per heavy atom. The van der Waals surface area contributed by atoms with E-state index < -0.39 is 6.10 Å². The van der Waals surface area contributed by atoms with Crippen LogP contribution in [0.25, 0.3) is 22.2 Å². The number of hydrogen-bond donors (Lipinski definition) is 1. The van der Waals surface area contributed by atoms with Crippen molar-refractivity contribution < 1.29 is 9.84 Å². The average Bonchev–Trinajstić information content (AvgIpc) is 2.88. The largest absolute Gasteiger partial charge is 0.497 e. The Morgan fingerprint density at radius 3 is 2.11 bits per heavy atom. The Labute approximate surface area is 228 Å². The van der Waals surface area contributed by atoms with Gasteiger partial charge in [0.15, 0.2) is 0 Å². The van der Waals surface area contributed by atoms with Crippen LogP contribution in [0.2, 0.25) is 5.02 Å². The predicted molar refractivity (Wildman–Crippen MR) is 156 cm³/mol. The number of halogens is 2. The highest BCUT2D eigenvalue weighted by molar-refractivity contribution is 6.31. The first-order valence-electron chi connectivity index (χ1n) is 13.2. The summed E-state index contributed by atoms with van der Waals surface area (Å²) in [5, 5.41) is 13.1. The van der Waals surface area contributed by atoms with E-state index in [0.29, 0.717) is 11.6 Å². The zero-order valence-electron chi connectivity index (χ0n) is 22.0. The Hall–Kier alpha value is -1.85. The number of pyridine rings is 1. The minimum absolute atomic E-state index is 0. The molecule has 0 aliphatic heterocycles. The third-order valence-corrected chi connectivity index (χ3v) is 6.87. The normalized spacial score (nSPS) is 12.1. The van der Waals surface area contributed by atoms with Crippen molar-refractivity contribution >= 4 is 34.9 Å². The Kier molecular flexibility index (Phi) is 13.6. The number of hydrogen-bond acceptors (Lipinski definition) is 4. The van der Waals surface area contributed by atoms with E-state index in [0.717, 1.165) is 46.6 Å². The molecule has 36 heavy (non-hydrogen) atoms. The van der Waals surface area contributed by atoms with Crippen LogP contribution in [-0.4, -0.2) is 41.7 Å². The van der Waals surface area contributed by atoms with Gasteiger partial charge in [0.05, 0.1) is 24.4 Å².